The van der Waals surface area contributed by atoms with Crippen LogP contribution in [0.3, 0.4) is 0 Å². The van der Waals surface area contributed by atoms with Crippen molar-refractivity contribution in [3.05, 3.63) is 36.6 Å². The molecular weight excluding hydrogens is 192 g/mol. The fourth-order valence-electron chi connectivity index (χ4n) is 1.17. The monoisotopic (exact) mass is 202 g/mol. The van der Waals surface area contributed by atoms with E-state index < -0.39 is 0 Å². The zero-order valence-electron chi connectivity index (χ0n) is 7.92. The Balaban J connectivity index is 2.32. The predicted molar refractivity (Wildman–Crippen MR) is 57.4 cm³/mol. The first-order valence-corrected chi connectivity index (χ1v) is 4.36. The number of aliphatic imine (C=N–C) groups is 1. The minimum atomic E-state index is -0.0727. The van der Waals surface area contributed by atoms with Gasteiger partial charge in [-0.3, -0.25) is 0 Å². The average molecular weight is 202 g/mol. The topological polar surface area (TPSA) is 90.4 Å². The number of hydrogen-bond acceptors (Lipinski definition) is 3. The summed E-state index contributed by atoms with van der Waals surface area (Å²) in [4.78, 5) is 7.81. The summed E-state index contributed by atoms with van der Waals surface area (Å²) in [5.74, 6) is -0.0727. The van der Waals surface area contributed by atoms with Crippen molar-refractivity contribution in [3.8, 4) is 11.3 Å². The van der Waals surface area contributed by atoms with Crippen molar-refractivity contribution < 1.29 is 4.42 Å². The Bertz CT molecular complexity index is 471. The average Bonchev–Trinajstić information content (AvgIpc) is 2.67. The standard InChI is InChI=1S/C10H10N4O/c11-9(12)14-10-13-8(6-15-10)7-4-2-1-3-5-7/h1-6H,(H4,11,12,13,14). The molecule has 0 spiro atoms. The van der Waals surface area contributed by atoms with Crippen LogP contribution in [0.1, 0.15) is 0 Å². The fraction of sp³-hybridized carbons (Fsp3) is 0. The predicted octanol–water partition coefficient (Wildman–Crippen LogP) is 1.25. The smallest absolute Gasteiger partial charge is 0.325 e. The summed E-state index contributed by atoms with van der Waals surface area (Å²) in [7, 11) is 0. The maximum absolute atomic E-state index is 5.20. The van der Waals surface area contributed by atoms with E-state index in [1.54, 1.807) is 0 Å². The van der Waals surface area contributed by atoms with E-state index in [0.717, 1.165) is 5.56 Å². The number of guanidine groups is 1. The van der Waals surface area contributed by atoms with Crippen molar-refractivity contribution in [3.63, 3.8) is 0 Å². The molecule has 0 unspecified atom stereocenters. The Morgan fingerprint density at radius 1 is 1.20 bits per heavy atom. The molecule has 2 aromatic rings. The molecule has 15 heavy (non-hydrogen) atoms. The van der Waals surface area contributed by atoms with Gasteiger partial charge in [0.1, 0.15) is 12.0 Å². The summed E-state index contributed by atoms with van der Waals surface area (Å²) in [6.45, 7) is 0. The third-order valence-electron chi connectivity index (χ3n) is 1.79. The lowest BCUT2D eigenvalue weighted by molar-refractivity contribution is 0.570. The first-order chi connectivity index (χ1) is 7.25. The quantitative estimate of drug-likeness (QED) is 0.566. The molecule has 76 valence electrons. The van der Waals surface area contributed by atoms with Gasteiger partial charge in [-0.1, -0.05) is 30.3 Å². The molecule has 0 fully saturated rings. The zero-order valence-corrected chi connectivity index (χ0v) is 7.92. The number of hydrogen-bond donors (Lipinski definition) is 2. The maximum atomic E-state index is 5.20. The summed E-state index contributed by atoms with van der Waals surface area (Å²) >= 11 is 0. The minimum absolute atomic E-state index is 0.0727. The summed E-state index contributed by atoms with van der Waals surface area (Å²) in [5, 5.41) is 0. The summed E-state index contributed by atoms with van der Waals surface area (Å²) in [6.07, 6.45) is 1.51. The molecule has 0 amide bonds. The first-order valence-electron chi connectivity index (χ1n) is 4.36. The van der Waals surface area contributed by atoms with Crippen molar-refractivity contribution in [1.82, 2.24) is 4.98 Å². The lowest BCUT2D eigenvalue weighted by atomic mass is 10.2. The molecule has 0 saturated carbocycles. The van der Waals surface area contributed by atoms with Gasteiger partial charge < -0.3 is 15.9 Å². The summed E-state index contributed by atoms with van der Waals surface area (Å²) in [6, 6.07) is 9.79. The molecule has 0 bridgehead atoms. The van der Waals surface area contributed by atoms with E-state index in [1.165, 1.54) is 6.26 Å². The van der Waals surface area contributed by atoms with Crippen molar-refractivity contribution >= 4 is 12.0 Å². The van der Waals surface area contributed by atoms with Crippen LogP contribution in [0.4, 0.5) is 6.01 Å². The molecule has 2 rings (SSSR count). The molecule has 0 radical (unpaired) electrons. The molecule has 0 aliphatic heterocycles. The Morgan fingerprint density at radius 3 is 2.60 bits per heavy atom. The largest absolute Gasteiger partial charge is 0.430 e. The normalized spacial score (nSPS) is 9.87. The molecule has 1 aromatic carbocycles. The molecule has 0 aliphatic carbocycles. The first kappa shape index (κ1) is 9.26. The number of benzene rings is 1. The molecule has 1 aromatic heterocycles. The van der Waals surface area contributed by atoms with E-state index >= 15 is 0 Å². The zero-order chi connectivity index (χ0) is 10.7. The third-order valence-corrected chi connectivity index (χ3v) is 1.79. The molecule has 0 aliphatic rings. The SMILES string of the molecule is NC(N)=Nc1nc(-c2ccccc2)co1. The van der Waals surface area contributed by atoms with Crippen LogP contribution in [-0.2, 0) is 0 Å². The Kier molecular flexibility index (Phi) is 2.37. The fourth-order valence-corrected chi connectivity index (χ4v) is 1.17. The lowest BCUT2D eigenvalue weighted by Crippen LogP contribution is -2.21. The van der Waals surface area contributed by atoms with Gasteiger partial charge in [0, 0.05) is 5.56 Å². The van der Waals surface area contributed by atoms with Crippen LogP contribution < -0.4 is 11.5 Å². The molecule has 0 saturated heterocycles. The van der Waals surface area contributed by atoms with Gasteiger partial charge in [-0.2, -0.15) is 9.98 Å². The van der Waals surface area contributed by atoms with Crippen molar-refractivity contribution in [1.29, 1.82) is 0 Å². The molecule has 1 heterocycles. The van der Waals surface area contributed by atoms with Gasteiger partial charge in [-0.25, -0.2) is 0 Å². The van der Waals surface area contributed by atoms with Crippen LogP contribution in [0.2, 0.25) is 0 Å². The van der Waals surface area contributed by atoms with E-state index in [4.69, 9.17) is 15.9 Å². The van der Waals surface area contributed by atoms with Gasteiger partial charge in [0.15, 0.2) is 5.96 Å². The van der Waals surface area contributed by atoms with E-state index in [2.05, 4.69) is 9.98 Å². The second kappa shape index (κ2) is 3.83. The van der Waals surface area contributed by atoms with Gasteiger partial charge in [0.2, 0.25) is 0 Å². The number of oxazole rings is 1. The van der Waals surface area contributed by atoms with Crippen LogP contribution >= 0.6 is 0 Å². The van der Waals surface area contributed by atoms with Crippen LogP contribution in [0, 0.1) is 0 Å². The highest BCUT2D eigenvalue weighted by molar-refractivity contribution is 5.77. The second-order valence-electron chi connectivity index (χ2n) is 2.92. The summed E-state index contributed by atoms with van der Waals surface area (Å²) in [5.41, 5.74) is 12.1. The highest BCUT2D eigenvalue weighted by atomic mass is 16.4. The highest BCUT2D eigenvalue weighted by Crippen LogP contribution is 2.21. The Labute approximate surface area is 86.4 Å². The number of rotatable bonds is 2. The number of nitrogens with two attached hydrogens (primary N) is 2. The second-order valence-corrected chi connectivity index (χ2v) is 2.92. The number of nitrogens with zero attached hydrogens (tertiary/aromatic N) is 2. The van der Waals surface area contributed by atoms with Gasteiger partial charge in [-0.05, 0) is 0 Å². The van der Waals surface area contributed by atoms with Crippen LogP contribution in [0.15, 0.2) is 46.0 Å². The molecule has 0 atom stereocenters. The lowest BCUT2D eigenvalue weighted by Gasteiger charge is -1.91. The van der Waals surface area contributed by atoms with Gasteiger partial charge in [0.25, 0.3) is 0 Å². The van der Waals surface area contributed by atoms with E-state index in [9.17, 15) is 0 Å². The van der Waals surface area contributed by atoms with Gasteiger partial charge >= 0.3 is 6.01 Å². The van der Waals surface area contributed by atoms with Gasteiger partial charge in [0.05, 0.1) is 0 Å². The van der Waals surface area contributed by atoms with Crippen LogP contribution in [0.5, 0.6) is 0 Å². The van der Waals surface area contributed by atoms with Gasteiger partial charge in [-0.15, -0.1) is 0 Å². The summed E-state index contributed by atoms with van der Waals surface area (Å²) < 4.78 is 5.07. The van der Waals surface area contributed by atoms with E-state index in [1.807, 2.05) is 30.3 Å². The van der Waals surface area contributed by atoms with Crippen molar-refractivity contribution in [2.24, 2.45) is 16.5 Å². The van der Waals surface area contributed by atoms with Crippen LogP contribution in [0.25, 0.3) is 11.3 Å². The van der Waals surface area contributed by atoms with E-state index in [0.29, 0.717) is 5.69 Å². The highest BCUT2D eigenvalue weighted by Gasteiger charge is 2.04. The maximum Gasteiger partial charge on any atom is 0.325 e. The molecule has 5 nitrogen and oxygen atoms in total. The Morgan fingerprint density at radius 2 is 1.93 bits per heavy atom. The van der Waals surface area contributed by atoms with Crippen molar-refractivity contribution in [2.75, 3.05) is 0 Å². The third kappa shape index (κ3) is 2.14. The molecular formula is C10H10N4O. The number of aromatic nitrogens is 1. The van der Waals surface area contributed by atoms with Crippen molar-refractivity contribution in [2.45, 2.75) is 0 Å². The van der Waals surface area contributed by atoms with E-state index in [-0.39, 0.29) is 12.0 Å². The minimum Gasteiger partial charge on any atom is -0.430 e. The van der Waals surface area contributed by atoms with Crippen LogP contribution in [-0.4, -0.2) is 10.9 Å². The molecule has 5 heteroatoms. The Hall–Kier alpha value is -2.30. The molecule has 4 N–H and O–H groups in total.